The first-order valence-corrected chi connectivity index (χ1v) is 19.4. The maximum absolute atomic E-state index is 5.28. The highest BCUT2D eigenvalue weighted by atomic mass is 32.1. The van der Waals surface area contributed by atoms with E-state index in [0.29, 0.717) is 0 Å². The zero-order valence-electron chi connectivity index (χ0n) is 30.0. The van der Waals surface area contributed by atoms with Crippen molar-refractivity contribution in [3.63, 3.8) is 0 Å². The average molecular weight is 707 g/mol. The van der Waals surface area contributed by atoms with Gasteiger partial charge >= 0.3 is 0 Å². The van der Waals surface area contributed by atoms with Gasteiger partial charge in [0.15, 0.2) is 5.82 Å². The lowest BCUT2D eigenvalue weighted by Gasteiger charge is -2.25. The van der Waals surface area contributed by atoms with Crippen LogP contribution in [0.25, 0.3) is 97.9 Å². The minimum Gasteiger partial charge on any atom is -0.228 e. The molecule has 1 aliphatic rings. The van der Waals surface area contributed by atoms with Gasteiger partial charge in [0.05, 0.1) is 11.4 Å². The minimum atomic E-state index is -0.161. The zero-order chi connectivity index (χ0) is 36.0. The fraction of sp³-hybridized carbons (Fsp3) is 0.0588. The molecule has 3 heteroatoms. The third kappa shape index (κ3) is 4.72. The van der Waals surface area contributed by atoms with Gasteiger partial charge in [-0.1, -0.05) is 147 Å². The molecule has 0 bridgehead atoms. The average Bonchev–Trinajstić information content (AvgIpc) is 3.71. The second kappa shape index (κ2) is 11.8. The Hall–Kier alpha value is -6.42. The van der Waals surface area contributed by atoms with Crippen LogP contribution >= 0.6 is 11.3 Å². The van der Waals surface area contributed by atoms with E-state index in [4.69, 9.17) is 9.97 Å². The van der Waals surface area contributed by atoms with Crippen molar-refractivity contribution in [3.05, 3.63) is 181 Å². The van der Waals surface area contributed by atoms with Gasteiger partial charge in [0.2, 0.25) is 0 Å². The summed E-state index contributed by atoms with van der Waals surface area (Å²) in [5.41, 5.74) is 12.8. The molecule has 0 atom stereocenters. The quantitative estimate of drug-likeness (QED) is 0.182. The number of aromatic nitrogens is 2. The van der Waals surface area contributed by atoms with Gasteiger partial charge in [-0.25, -0.2) is 9.97 Å². The Morgan fingerprint density at radius 2 is 1.04 bits per heavy atom. The minimum absolute atomic E-state index is 0.161. The van der Waals surface area contributed by atoms with Crippen LogP contribution in [0.5, 0.6) is 0 Å². The molecule has 8 aromatic carbocycles. The maximum atomic E-state index is 5.28. The highest BCUT2D eigenvalue weighted by Gasteiger charge is 2.38. The molecular formula is C51H34N2S. The van der Waals surface area contributed by atoms with Crippen LogP contribution in [0.4, 0.5) is 0 Å². The van der Waals surface area contributed by atoms with E-state index in [1.165, 1.54) is 75.1 Å². The predicted octanol–water partition coefficient (Wildman–Crippen LogP) is 14.1. The molecule has 0 saturated heterocycles. The Morgan fingerprint density at radius 3 is 1.85 bits per heavy atom. The number of nitrogens with zero attached hydrogens (tertiary/aromatic N) is 2. The van der Waals surface area contributed by atoms with E-state index in [2.05, 4.69) is 178 Å². The second-order valence-corrected chi connectivity index (χ2v) is 16.0. The smallest absolute Gasteiger partial charge is 0.160 e. The molecule has 0 N–H and O–H groups in total. The molecule has 254 valence electrons. The molecule has 11 rings (SSSR count). The topological polar surface area (TPSA) is 25.8 Å². The van der Waals surface area contributed by atoms with Crippen LogP contribution < -0.4 is 0 Å². The molecule has 1 aliphatic carbocycles. The van der Waals surface area contributed by atoms with Crippen LogP contribution in [0, 0.1) is 0 Å². The van der Waals surface area contributed by atoms with Crippen molar-refractivity contribution in [2.75, 3.05) is 0 Å². The number of hydrogen-bond donors (Lipinski definition) is 0. The molecule has 2 aromatic heterocycles. The maximum Gasteiger partial charge on any atom is 0.160 e. The van der Waals surface area contributed by atoms with Gasteiger partial charge in [0.25, 0.3) is 0 Å². The summed E-state index contributed by atoms with van der Waals surface area (Å²) in [7, 11) is 0. The van der Waals surface area contributed by atoms with Crippen molar-refractivity contribution in [1.82, 2.24) is 9.97 Å². The molecular weight excluding hydrogens is 673 g/mol. The third-order valence-corrected chi connectivity index (χ3v) is 12.6. The van der Waals surface area contributed by atoms with Crippen molar-refractivity contribution in [3.8, 4) is 56.2 Å². The van der Waals surface area contributed by atoms with Gasteiger partial charge in [0, 0.05) is 42.3 Å². The first-order chi connectivity index (χ1) is 26.5. The van der Waals surface area contributed by atoms with Crippen molar-refractivity contribution in [2.45, 2.75) is 19.3 Å². The SMILES string of the molecule is CC1(C)c2cc3ccccc3cc2-c2cccc(-c3ccc(-c4cc(-c5ccc6sc7ccccc7c6c5)nc(-c5ccccc5)n4)c4ccccc34)c21. The molecule has 0 radical (unpaired) electrons. The fourth-order valence-electron chi connectivity index (χ4n) is 8.88. The van der Waals surface area contributed by atoms with Gasteiger partial charge in [-0.3, -0.25) is 0 Å². The summed E-state index contributed by atoms with van der Waals surface area (Å²) in [6, 6.07) is 61.7. The van der Waals surface area contributed by atoms with Crippen LogP contribution in [0.1, 0.15) is 25.0 Å². The van der Waals surface area contributed by atoms with Crippen LogP contribution in [-0.4, -0.2) is 9.97 Å². The van der Waals surface area contributed by atoms with Gasteiger partial charge in [-0.05, 0) is 91.3 Å². The molecule has 0 spiro atoms. The Morgan fingerprint density at radius 1 is 0.407 bits per heavy atom. The van der Waals surface area contributed by atoms with Gasteiger partial charge in [-0.15, -0.1) is 11.3 Å². The van der Waals surface area contributed by atoms with Gasteiger partial charge in [0.1, 0.15) is 0 Å². The number of thiophene rings is 1. The molecule has 0 fully saturated rings. The van der Waals surface area contributed by atoms with E-state index in [9.17, 15) is 0 Å². The monoisotopic (exact) mass is 706 g/mol. The van der Waals surface area contributed by atoms with Crippen LogP contribution in [0.2, 0.25) is 0 Å². The summed E-state index contributed by atoms with van der Waals surface area (Å²) in [4.78, 5) is 10.5. The number of hydrogen-bond acceptors (Lipinski definition) is 3. The molecule has 0 unspecified atom stereocenters. The third-order valence-electron chi connectivity index (χ3n) is 11.5. The fourth-order valence-corrected chi connectivity index (χ4v) is 9.97. The summed E-state index contributed by atoms with van der Waals surface area (Å²) < 4.78 is 2.58. The molecule has 10 aromatic rings. The first kappa shape index (κ1) is 31.1. The first-order valence-electron chi connectivity index (χ1n) is 18.6. The van der Waals surface area contributed by atoms with Gasteiger partial charge < -0.3 is 0 Å². The van der Waals surface area contributed by atoms with Crippen molar-refractivity contribution in [2.24, 2.45) is 0 Å². The Bertz CT molecular complexity index is 3130. The van der Waals surface area contributed by atoms with E-state index in [0.717, 1.165) is 33.9 Å². The van der Waals surface area contributed by atoms with Crippen LogP contribution in [0.15, 0.2) is 170 Å². The standard InChI is InChI=1S/C51H34N2S/c1-51(2)44-29-33-16-7-6-15-32(33)27-42(44)41-21-12-20-40(49(41)51)37-24-25-38(36-18-9-8-17-35(36)37)46-30-45(52-50(53-46)31-13-4-3-5-14-31)34-23-26-48-43(28-34)39-19-10-11-22-47(39)54-48/h3-30H,1-2H3. The van der Waals surface area contributed by atoms with Crippen molar-refractivity contribution < 1.29 is 0 Å². The van der Waals surface area contributed by atoms with Crippen LogP contribution in [-0.2, 0) is 5.41 Å². The number of rotatable bonds is 4. The Kier molecular flexibility index (Phi) is 6.80. The lowest BCUT2D eigenvalue weighted by Crippen LogP contribution is -2.16. The lowest BCUT2D eigenvalue weighted by atomic mass is 9.78. The summed E-state index contributed by atoms with van der Waals surface area (Å²) in [5.74, 6) is 0.722. The van der Waals surface area contributed by atoms with Crippen molar-refractivity contribution >= 4 is 53.1 Å². The molecule has 2 nitrogen and oxygen atoms in total. The molecule has 0 amide bonds. The summed E-state index contributed by atoms with van der Waals surface area (Å²) in [6.07, 6.45) is 0. The number of fused-ring (bicyclic) bond motifs is 8. The lowest BCUT2D eigenvalue weighted by molar-refractivity contribution is 0.663. The normalized spacial score (nSPS) is 13.1. The molecule has 0 aliphatic heterocycles. The largest absolute Gasteiger partial charge is 0.228 e. The van der Waals surface area contributed by atoms with E-state index in [1.54, 1.807) is 0 Å². The summed E-state index contributed by atoms with van der Waals surface area (Å²) >= 11 is 1.84. The second-order valence-electron chi connectivity index (χ2n) is 14.9. The zero-order valence-corrected chi connectivity index (χ0v) is 30.8. The van der Waals surface area contributed by atoms with E-state index in [-0.39, 0.29) is 5.41 Å². The Balaban J connectivity index is 1.10. The highest BCUT2D eigenvalue weighted by Crippen LogP contribution is 2.54. The number of benzene rings is 8. The van der Waals surface area contributed by atoms with E-state index in [1.807, 2.05) is 17.4 Å². The van der Waals surface area contributed by atoms with Crippen LogP contribution in [0.3, 0.4) is 0 Å². The predicted molar refractivity (Wildman–Crippen MR) is 229 cm³/mol. The Labute approximate surface area is 318 Å². The molecule has 0 saturated carbocycles. The van der Waals surface area contributed by atoms with Gasteiger partial charge in [-0.2, -0.15) is 0 Å². The van der Waals surface area contributed by atoms with E-state index >= 15 is 0 Å². The summed E-state index contributed by atoms with van der Waals surface area (Å²) in [5, 5.41) is 7.50. The molecule has 54 heavy (non-hydrogen) atoms. The van der Waals surface area contributed by atoms with E-state index < -0.39 is 0 Å². The summed E-state index contributed by atoms with van der Waals surface area (Å²) in [6.45, 7) is 4.77. The molecule has 2 heterocycles. The van der Waals surface area contributed by atoms with Crippen molar-refractivity contribution in [1.29, 1.82) is 0 Å². The highest BCUT2D eigenvalue weighted by molar-refractivity contribution is 7.25.